The van der Waals surface area contributed by atoms with Gasteiger partial charge in [0.2, 0.25) is 0 Å². The van der Waals surface area contributed by atoms with Crippen LogP contribution in [-0.4, -0.2) is 40.5 Å². The lowest BCUT2D eigenvalue weighted by molar-refractivity contribution is -0.167. The van der Waals surface area contributed by atoms with Crippen LogP contribution < -0.4 is 5.73 Å². The highest BCUT2D eigenvalue weighted by atomic mass is 19.1. The minimum absolute atomic E-state index is 0.224. The van der Waals surface area contributed by atoms with Crippen LogP contribution >= 0.6 is 0 Å². The molecule has 0 bridgehead atoms. The highest BCUT2D eigenvalue weighted by Gasteiger charge is 2.36. The van der Waals surface area contributed by atoms with Crippen molar-refractivity contribution in [1.82, 2.24) is 4.90 Å². The zero-order valence-electron chi connectivity index (χ0n) is 15.7. The summed E-state index contributed by atoms with van der Waals surface area (Å²) in [7, 11) is 1.74. The fraction of sp³-hybridized carbons (Fsp3) is 0.556. The summed E-state index contributed by atoms with van der Waals surface area (Å²) in [5.74, 6) is -0.813. The van der Waals surface area contributed by atoms with Gasteiger partial charge in [0.1, 0.15) is 17.0 Å². The molecule has 0 amide bonds. The SMILES string of the molecule is CN(Cc1ccc(C(N)/C=N\O)cc1F)C(C)(C)C(=O)OC(C)(C)C. The maximum Gasteiger partial charge on any atom is 0.326 e. The molecular formula is C18H28FN3O3. The van der Waals surface area contributed by atoms with Crippen LogP contribution in [0.2, 0.25) is 0 Å². The molecule has 0 fully saturated rings. The van der Waals surface area contributed by atoms with Crippen molar-refractivity contribution in [1.29, 1.82) is 0 Å². The molecular weight excluding hydrogens is 325 g/mol. The second-order valence-electron chi connectivity index (χ2n) is 7.56. The number of rotatable bonds is 6. The molecule has 3 N–H and O–H groups in total. The van der Waals surface area contributed by atoms with E-state index in [1.165, 1.54) is 6.07 Å². The Bertz CT molecular complexity index is 639. The van der Waals surface area contributed by atoms with Gasteiger partial charge in [0.05, 0.1) is 12.3 Å². The average Bonchev–Trinajstić information content (AvgIpc) is 2.47. The van der Waals surface area contributed by atoms with Gasteiger partial charge in [-0.3, -0.25) is 9.69 Å². The molecule has 0 saturated heterocycles. The van der Waals surface area contributed by atoms with Crippen molar-refractivity contribution in [2.45, 2.75) is 58.3 Å². The number of nitrogens with zero attached hydrogens (tertiary/aromatic N) is 2. The molecule has 1 atom stereocenters. The number of halogens is 1. The van der Waals surface area contributed by atoms with Gasteiger partial charge in [-0.1, -0.05) is 12.1 Å². The van der Waals surface area contributed by atoms with Gasteiger partial charge < -0.3 is 15.7 Å². The number of nitrogens with two attached hydrogens (primary N) is 1. The normalized spacial score (nSPS) is 14.1. The summed E-state index contributed by atoms with van der Waals surface area (Å²) < 4.78 is 19.8. The number of carbonyl (C=O) groups is 1. The summed E-state index contributed by atoms with van der Waals surface area (Å²) in [6.07, 6.45) is 1.12. The lowest BCUT2D eigenvalue weighted by atomic mass is 10.0. The van der Waals surface area contributed by atoms with E-state index in [1.807, 2.05) is 0 Å². The molecule has 0 radical (unpaired) electrons. The first-order valence-electron chi connectivity index (χ1n) is 8.04. The summed E-state index contributed by atoms with van der Waals surface area (Å²) in [4.78, 5) is 14.1. The second-order valence-corrected chi connectivity index (χ2v) is 7.56. The van der Waals surface area contributed by atoms with Crippen molar-refractivity contribution in [3.05, 3.63) is 35.1 Å². The molecule has 25 heavy (non-hydrogen) atoms. The summed E-state index contributed by atoms with van der Waals surface area (Å²) in [5.41, 5.74) is 5.16. The summed E-state index contributed by atoms with van der Waals surface area (Å²) >= 11 is 0. The fourth-order valence-corrected chi connectivity index (χ4v) is 2.07. The molecule has 6 nitrogen and oxygen atoms in total. The molecule has 140 valence electrons. The number of oxime groups is 1. The Balaban J connectivity index is 2.92. The number of benzene rings is 1. The Labute approximate surface area is 148 Å². The van der Waals surface area contributed by atoms with Gasteiger partial charge in [-0.05, 0) is 53.3 Å². The van der Waals surface area contributed by atoms with Gasteiger partial charge in [-0.15, -0.1) is 5.16 Å². The van der Waals surface area contributed by atoms with Gasteiger partial charge >= 0.3 is 5.97 Å². The van der Waals surface area contributed by atoms with E-state index < -0.39 is 23.0 Å². The van der Waals surface area contributed by atoms with Crippen LogP contribution in [0.5, 0.6) is 0 Å². The van der Waals surface area contributed by atoms with E-state index in [0.29, 0.717) is 11.1 Å². The lowest BCUT2D eigenvalue weighted by Crippen LogP contribution is -2.50. The van der Waals surface area contributed by atoms with Crippen LogP contribution in [0.4, 0.5) is 4.39 Å². The quantitative estimate of drug-likeness (QED) is 0.355. The van der Waals surface area contributed by atoms with Crippen molar-refractivity contribution in [2.24, 2.45) is 10.9 Å². The van der Waals surface area contributed by atoms with E-state index in [4.69, 9.17) is 15.7 Å². The summed E-state index contributed by atoms with van der Waals surface area (Å²) in [6.45, 7) is 9.11. The molecule has 1 aromatic carbocycles. The number of ether oxygens (including phenoxy) is 1. The van der Waals surface area contributed by atoms with Gasteiger partial charge in [0, 0.05) is 12.1 Å². The first-order valence-corrected chi connectivity index (χ1v) is 8.04. The van der Waals surface area contributed by atoms with Crippen molar-refractivity contribution in [3.8, 4) is 0 Å². The Morgan fingerprint density at radius 2 is 2.00 bits per heavy atom. The number of likely N-dealkylation sites (N-methyl/N-ethyl adjacent to an activating group) is 1. The fourth-order valence-electron chi connectivity index (χ4n) is 2.07. The van der Waals surface area contributed by atoms with E-state index in [2.05, 4.69) is 5.16 Å². The van der Waals surface area contributed by atoms with E-state index in [1.54, 1.807) is 58.7 Å². The van der Waals surface area contributed by atoms with Crippen LogP contribution in [0.3, 0.4) is 0 Å². The Kier molecular flexibility index (Phi) is 6.68. The number of hydrogen-bond acceptors (Lipinski definition) is 6. The van der Waals surface area contributed by atoms with Gasteiger partial charge in [0.25, 0.3) is 0 Å². The van der Waals surface area contributed by atoms with E-state index >= 15 is 0 Å². The predicted molar refractivity (Wildman–Crippen MR) is 95.0 cm³/mol. The van der Waals surface area contributed by atoms with Crippen molar-refractivity contribution >= 4 is 12.2 Å². The van der Waals surface area contributed by atoms with Crippen LogP contribution in [0.1, 0.15) is 51.8 Å². The van der Waals surface area contributed by atoms with Crippen LogP contribution in [0, 0.1) is 5.82 Å². The van der Waals surface area contributed by atoms with E-state index in [9.17, 15) is 9.18 Å². The molecule has 0 aliphatic carbocycles. The average molecular weight is 353 g/mol. The monoisotopic (exact) mass is 353 g/mol. The summed E-state index contributed by atoms with van der Waals surface area (Å²) in [5, 5.41) is 11.4. The number of hydrogen-bond donors (Lipinski definition) is 2. The zero-order valence-corrected chi connectivity index (χ0v) is 15.7. The van der Waals surface area contributed by atoms with Crippen LogP contribution in [-0.2, 0) is 16.1 Å². The maximum absolute atomic E-state index is 14.4. The predicted octanol–water partition coefficient (Wildman–Crippen LogP) is 2.84. The molecule has 1 rings (SSSR count). The molecule has 0 saturated carbocycles. The molecule has 0 aromatic heterocycles. The van der Waals surface area contributed by atoms with Gasteiger partial charge in [-0.2, -0.15) is 0 Å². The standard InChI is InChI=1S/C18H28FN3O3/c1-17(2,3)25-16(23)18(4,5)22(6)11-13-8-7-12(9-14(13)19)15(20)10-21-24/h7-10,15,24H,11,20H2,1-6H3/b21-10-. The molecule has 1 unspecified atom stereocenters. The third-order valence-corrected chi connectivity index (χ3v) is 3.95. The molecule has 0 aliphatic heterocycles. The van der Waals surface area contributed by atoms with Crippen LogP contribution in [0.25, 0.3) is 0 Å². The van der Waals surface area contributed by atoms with Crippen LogP contribution in [0.15, 0.2) is 23.4 Å². The minimum Gasteiger partial charge on any atom is -0.459 e. The Hall–Kier alpha value is -1.99. The van der Waals surface area contributed by atoms with E-state index in [0.717, 1.165) is 6.21 Å². The highest BCUT2D eigenvalue weighted by molar-refractivity contribution is 5.80. The maximum atomic E-state index is 14.4. The van der Waals surface area contributed by atoms with Crippen molar-refractivity contribution < 1.29 is 19.1 Å². The first-order chi connectivity index (χ1) is 11.4. The highest BCUT2D eigenvalue weighted by Crippen LogP contribution is 2.23. The Morgan fingerprint density at radius 3 is 2.48 bits per heavy atom. The number of carbonyl (C=O) groups excluding carboxylic acids is 1. The largest absolute Gasteiger partial charge is 0.459 e. The first kappa shape index (κ1) is 21.1. The zero-order chi connectivity index (χ0) is 19.4. The van der Waals surface area contributed by atoms with E-state index in [-0.39, 0.29) is 12.5 Å². The number of esters is 1. The molecule has 7 heteroatoms. The Morgan fingerprint density at radius 1 is 1.40 bits per heavy atom. The van der Waals surface area contributed by atoms with Crippen molar-refractivity contribution in [3.63, 3.8) is 0 Å². The third-order valence-electron chi connectivity index (χ3n) is 3.95. The topological polar surface area (TPSA) is 88.1 Å². The summed E-state index contributed by atoms with van der Waals surface area (Å²) in [6, 6.07) is 3.89. The molecule has 1 aromatic rings. The molecule has 0 spiro atoms. The minimum atomic E-state index is -0.918. The molecule has 0 aliphatic rings. The van der Waals surface area contributed by atoms with Gasteiger partial charge in [-0.25, -0.2) is 4.39 Å². The van der Waals surface area contributed by atoms with Gasteiger partial charge in [0.15, 0.2) is 0 Å². The lowest BCUT2D eigenvalue weighted by Gasteiger charge is -2.35. The third kappa shape index (κ3) is 5.79. The smallest absolute Gasteiger partial charge is 0.326 e. The molecule has 0 heterocycles. The van der Waals surface area contributed by atoms with Crippen molar-refractivity contribution in [2.75, 3.05) is 7.05 Å². The second kappa shape index (κ2) is 7.93.